The van der Waals surface area contributed by atoms with E-state index in [0.29, 0.717) is 23.3 Å². The lowest BCUT2D eigenvalue weighted by Crippen LogP contribution is -2.17. The number of unbranched alkanes of at least 4 members (excludes halogenated alkanes) is 6. The number of aryl methyl sites for hydroxylation is 1. The number of amides is 1. The van der Waals surface area contributed by atoms with Gasteiger partial charge in [0, 0.05) is 16.5 Å². The molecule has 0 saturated heterocycles. The van der Waals surface area contributed by atoms with Crippen LogP contribution in [-0.2, 0) is 4.79 Å². The molecule has 5 nitrogen and oxygen atoms in total. The molecule has 1 N–H and O–H groups in total. The van der Waals surface area contributed by atoms with Crippen molar-refractivity contribution in [1.82, 2.24) is 5.43 Å². The minimum absolute atomic E-state index is 0.113. The number of nitrogens with zero attached hydrogens (tertiary/aromatic N) is 1. The molecule has 0 unspecified atom stereocenters. The Kier molecular flexibility index (Phi) is 11.0. The van der Waals surface area contributed by atoms with E-state index >= 15 is 0 Å². The Bertz CT molecular complexity index is 896. The number of esters is 1. The van der Waals surface area contributed by atoms with E-state index in [0.717, 1.165) is 22.9 Å². The van der Waals surface area contributed by atoms with Crippen LogP contribution in [0.3, 0.4) is 0 Å². The minimum Gasteiger partial charge on any atom is -0.422 e. The Labute approximate surface area is 193 Å². The maximum Gasteiger partial charge on any atom is 0.343 e. The molecule has 0 aliphatic heterocycles. The van der Waals surface area contributed by atoms with Gasteiger partial charge >= 0.3 is 5.97 Å². The first kappa shape index (κ1) is 24.8. The van der Waals surface area contributed by atoms with Crippen molar-refractivity contribution in [3.8, 4) is 5.75 Å². The summed E-state index contributed by atoms with van der Waals surface area (Å²) in [7, 11) is 0. The van der Waals surface area contributed by atoms with Crippen molar-refractivity contribution in [1.29, 1.82) is 0 Å². The summed E-state index contributed by atoms with van der Waals surface area (Å²) in [5, 5.41) is 4.04. The van der Waals surface area contributed by atoms with Crippen molar-refractivity contribution in [2.24, 2.45) is 5.10 Å². The van der Waals surface area contributed by atoms with Crippen molar-refractivity contribution in [3.63, 3.8) is 0 Å². The van der Waals surface area contributed by atoms with Gasteiger partial charge in [0.2, 0.25) is 5.91 Å². The molecule has 31 heavy (non-hydrogen) atoms. The third kappa shape index (κ3) is 9.47. The van der Waals surface area contributed by atoms with Crippen molar-refractivity contribution in [2.45, 2.75) is 65.2 Å². The average molecular weight is 487 g/mol. The first-order valence-electron chi connectivity index (χ1n) is 10.9. The van der Waals surface area contributed by atoms with Gasteiger partial charge in [-0.3, -0.25) is 4.79 Å². The lowest BCUT2D eigenvalue weighted by Gasteiger charge is -2.08. The Morgan fingerprint density at radius 2 is 1.77 bits per heavy atom. The number of carbonyl (C=O) groups excluding carboxylic acids is 2. The van der Waals surface area contributed by atoms with Gasteiger partial charge in [0.05, 0.1) is 11.8 Å². The number of rotatable bonds is 12. The molecule has 0 aliphatic rings. The molecule has 2 aromatic carbocycles. The van der Waals surface area contributed by atoms with Crippen LogP contribution in [0.2, 0.25) is 0 Å². The first-order valence-corrected chi connectivity index (χ1v) is 11.7. The molecule has 0 atom stereocenters. The molecule has 0 heterocycles. The highest BCUT2D eigenvalue weighted by molar-refractivity contribution is 9.10. The number of hydrogen-bond donors (Lipinski definition) is 1. The highest BCUT2D eigenvalue weighted by Crippen LogP contribution is 2.23. The van der Waals surface area contributed by atoms with Crippen LogP contribution in [0.15, 0.2) is 52.0 Å². The van der Waals surface area contributed by atoms with Crippen LogP contribution in [0.25, 0.3) is 0 Å². The van der Waals surface area contributed by atoms with Crippen molar-refractivity contribution >= 4 is 34.0 Å². The molecule has 0 aromatic heterocycles. The van der Waals surface area contributed by atoms with E-state index in [-0.39, 0.29) is 5.91 Å². The number of carbonyl (C=O) groups is 2. The van der Waals surface area contributed by atoms with Gasteiger partial charge in [-0.15, -0.1) is 0 Å². The molecule has 2 rings (SSSR count). The number of ether oxygens (including phenoxy) is 1. The molecule has 166 valence electrons. The van der Waals surface area contributed by atoms with Gasteiger partial charge in [0.25, 0.3) is 0 Å². The second-order valence-electron chi connectivity index (χ2n) is 7.61. The maximum absolute atomic E-state index is 12.5. The summed E-state index contributed by atoms with van der Waals surface area (Å²) in [4.78, 5) is 24.5. The fraction of sp³-hybridized carbons (Fsp3) is 0.400. The molecular formula is C25H31BrN2O3. The summed E-state index contributed by atoms with van der Waals surface area (Å²) in [6.07, 6.45) is 10.1. The molecule has 1 amide bonds. The predicted molar refractivity (Wildman–Crippen MR) is 129 cm³/mol. The summed E-state index contributed by atoms with van der Waals surface area (Å²) in [5.74, 6) is -0.179. The Morgan fingerprint density at radius 3 is 2.52 bits per heavy atom. The molecule has 0 bridgehead atoms. The van der Waals surface area contributed by atoms with E-state index in [1.54, 1.807) is 30.3 Å². The van der Waals surface area contributed by atoms with Gasteiger partial charge in [0.15, 0.2) is 0 Å². The van der Waals surface area contributed by atoms with Crippen LogP contribution in [0.4, 0.5) is 0 Å². The van der Waals surface area contributed by atoms with Gasteiger partial charge in [-0.05, 0) is 43.7 Å². The average Bonchev–Trinajstić information content (AvgIpc) is 2.75. The summed E-state index contributed by atoms with van der Waals surface area (Å²) in [6, 6.07) is 12.5. The molecule has 2 aromatic rings. The molecule has 0 fully saturated rings. The molecule has 6 heteroatoms. The van der Waals surface area contributed by atoms with Crippen LogP contribution < -0.4 is 10.2 Å². The SMILES string of the molecule is CCCCCCCCCC(=O)N/N=C\c1cc(Br)ccc1OC(=O)c1cccc(C)c1. The highest BCUT2D eigenvalue weighted by atomic mass is 79.9. The normalized spacial score (nSPS) is 10.9. The number of benzene rings is 2. The fourth-order valence-electron chi connectivity index (χ4n) is 3.12. The second kappa shape index (κ2) is 13.8. The smallest absolute Gasteiger partial charge is 0.343 e. The van der Waals surface area contributed by atoms with Crippen molar-refractivity contribution < 1.29 is 14.3 Å². The van der Waals surface area contributed by atoms with Gasteiger partial charge in [-0.25, -0.2) is 10.2 Å². The predicted octanol–water partition coefficient (Wildman–Crippen LogP) is 6.57. The van der Waals surface area contributed by atoms with Gasteiger partial charge in [0.1, 0.15) is 5.75 Å². The van der Waals surface area contributed by atoms with Gasteiger partial charge in [-0.1, -0.05) is 79.1 Å². The lowest BCUT2D eigenvalue weighted by atomic mass is 10.1. The molecule has 0 saturated carbocycles. The third-order valence-electron chi connectivity index (χ3n) is 4.83. The quantitative estimate of drug-likeness (QED) is 0.121. The number of nitrogens with one attached hydrogen (secondary N) is 1. The monoisotopic (exact) mass is 486 g/mol. The zero-order chi connectivity index (χ0) is 22.5. The third-order valence-corrected chi connectivity index (χ3v) is 5.32. The zero-order valence-corrected chi connectivity index (χ0v) is 19.9. The number of halogens is 1. The second-order valence-corrected chi connectivity index (χ2v) is 8.52. The van der Waals surface area contributed by atoms with E-state index in [9.17, 15) is 9.59 Å². The largest absolute Gasteiger partial charge is 0.422 e. The van der Waals surface area contributed by atoms with E-state index in [1.165, 1.54) is 38.3 Å². The molecular weight excluding hydrogens is 456 g/mol. The Balaban J connectivity index is 1.86. The van der Waals surface area contributed by atoms with E-state index < -0.39 is 5.97 Å². The highest BCUT2D eigenvalue weighted by Gasteiger charge is 2.12. The van der Waals surface area contributed by atoms with Crippen molar-refractivity contribution in [3.05, 3.63) is 63.6 Å². The van der Waals surface area contributed by atoms with Crippen LogP contribution in [0, 0.1) is 6.92 Å². The first-order chi connectivity index (χ1) is 15.0. The van der Waals surface area contributed by atoms with E-state index in [4.69, 9.17) is 4.74 Å². The van der Waals surface area contributed by atoms with Crippen LogP contribution in [-0.4, -0.2) is 18.1 Å². The van der Waals surface area contributed by atoms with Crippen LogP contribution in [0.5, 0.6) is 5.75 Å². The van der Waals surface area contributed by atoms with Crippen LogP contribution in [0.1, 0.15) is 79.8 Å². The molecule has 0 aliphatic carbocycles. The number of hydrazone groups is 1. The lowest BCUT2D eigenvalue weighted by molar-refractivity contribution is -0.121. The fourth-order valence-corrected chi connectivity index (χ4v) is 3.50. The topological polar surface area (TPSA) is 67.8 Å². The summed E-state index contributed by atoms with van der Waals surface area (Å²) in [6.45, 7) is 4.12. The van der Waals surface area contributed by atoms with E-state index in [1.807, 2.05) is 19.1 Å². The minimum atomic E-state index is -0.441. The van der Waals surface area contributed by atoms with Crippen molar-refractivity contribution in [2.75, 3.05) is 0 Å². The molecule has 0 spiro atoms. The van der Waals surface area contributed by atoms with Crippen LogP contribution >= 0.6 is 15.9 Å². The zero-order valence-electron chi connectivity index (χ0n) is 18.3. The van der Waals surface area contributed by atoms with E-state index in [2.05, 4.69) is 33.4 Å². The summed E-state index contributed by atoms with van der Waals surface area (Å²) in [5.41, 5.74) is 4.61. The summed E-state index contributed by atoms with van der Waals surface area (Å²) < 4.78 is 6.37. The molecule has 0 radical (unpaired) electrons. The summed E-state index contributed by atoms with van der Waals surface area (Å²) >= 11 is 3.41. The maximum atomic E-state index is 12.5. The standard InChI is InChI=1S/C25H31BrN2O3/c1-3-4-5-6-7-8-9-13-24(29)28-27-18-21-17-22(26)14-15-23(21)31-25(30)20-12-10-11-19(2)16-20/h10-12,14-18H,3-9,13H2,1-2H3,(H,28,29)/b27-18-. The number of hydrogen-bond acceptors (Lipinski definition) is 4. The van der Waals surface area contributed by atoms with Gasteiger partial charge in [-0.2, -0.15) is 5.10 Å². The Morgan fingerprint density at radius 1 is 1.03 bits per heavy atom. The Hall–Kier alpha value is -2.47. The van der Waals surface area contributed by atoms with Gasteiger partial charge < -0.3 is 4.74 Å².